The smallest absolute Gasteiger partial charge is 0.339 e. The van der Waals surface area contributed by atoms with Gasteiger partial charge in [0, 0.05) is 0 Å². The Balaban J connectivity index is 1.58. The normalized spacial score (nSPS) is 13.0. The van der Waals surface area contributed by atoms with Crippen molar-refractivity contribution in [3.05, 3.63) is 114 Å². The minimum atomic E-state index is -4.13. The van der Waals surface area contributed by atoms with Gasteiger partial charge in [0.2, 0.25) is 10.0 Å². The van der Waals surface area contributed by atoms with Gasteiger partial charge in [0.05, 0.1) is 10.5 Å². The van der Waals surface area contributed by atoms with Crippen molar-refractivity contribution in [3.8, 4) is 0 Å². The molecule has 4 aromatic carbocycles. The number of nitrogens with one attached hydrogen (secondary N) is 1. The Labute approximate surface area is 216 Å². The number of fused-ring (bicyclic) bond motifs is 1. The minimum Gasteiger partial charge on any atom is -0.460 e. The molecule has 4 rings (SSSR count). The van der Waals surface area contributed by atoms with E-state index in [0.717, 1.165) is 16.5 Å². The second-order valence-electron chi connectivity index (χ2n) is 8.64. The van der Waals surface area contributed by atoms with Crippen LogP contribution in [0, 0.1) is 6.92 Å². The zero-order valence-corrected chi connectivity index (χ0v) is 21.3. The van der Waals surface area contributed by atoms with E-state index in [9.17, 15) is 18.0 Å². The summed E-state index contributed by atoms with van der Waals surface area (Å²) in [4.78, 5) is 26.2. The van der Waals surface area contributed by atoms with Gasteiger partial charge in [-0.25, -0.2) is 13.2 Å². The highest BCUT2D eigenvalue weighted by atomic mass is 32.2. The average molecular weight is 518 g/mol. The number of esters is 2. The molecule has 8 heteroatoms. The van der Waals surface area contributed by atoms with E-state index in [0.29, 0.717) is 10.9 Å². The van der Waals surface area contributed by atoms with Crippen molar-refractivity contribution in [1.29, 1.82) is 0 Å². The van der Waals surface area contributed by atoms with Crippen LogP contribution in [0.4, 0.5) is 0 Å². The number of ether oxygens (including phenoxy) is 2. The van der Waals surface area contributed by atoms with E-state index in [1.807, 2.05) is 37.3 Å². The van der Waals surface area contributed by atoms with Gasteiger partial charge < -0.3 is 9.47 Å². The molecule has 2 atom stereocenters. The Kier molecular flexibility index (Phi) is 8.01. The maximum absolute atomic E-state index is 13.1. The molecule has 0 bridgehead atoms. The molecule has 0 amide bonds. The maximum Gasteiger partial charge on any atom is 0.339 e. The van der Waals surface area contributed by atoms with Crippen molar-refractivity contribution in [3.63, 3.8) is 0 Å². The first-order valence-electron chi connectivity index (χ1n) is 11.7. The van der Waals surface area contributed by atoms with Gasteiger partial charge in [-0.1, -0.05) is 84.4 Å². The highest BCUT2D eigenvalue weighted by Gasteiger charge is 2.34. The van der Waals surface area contributed by atoms with Crippen molar-refractivity contribution < 1.29 is 27.5 Å². The molecular formula is C29H27NO6S. The van der Waals surface area contributed by atoms with Gasteiger partial charge >= 0.3 is 11.9 Å². The van der Waals surface area contributed by atoms with Gasteiger partial charge in [-0.05, 0) is 48.4 Å². The molecule has 0 unspecified atom stereocenters. The monoisotopic (exact) mass is 517 g/mol. The first-order chi connectivity index (χ1) is 17.7. The summed E-state index contributed by atoms with van der Waals surface area (Å²) in [5, 5.41) is 1.54. The van der Waals surface area contributed by atoms with Gasteiger partial charge in [0.1, 0.15) is 12.7 Å². The fourth-order valence-corrected chi connectivity index (χ4v) is 5.06. The molecule has 7 nitrogen and oxygen atoms in total. The molecule has 0 fully saturated rings. The number of rotatable bonds is 9. The third-order valence-corrected chi connectivity index (χ3v) is 7.32. The van der Waals surface area contributed by atoms with Crippen LogP contribution in [0.1, 0.15) is 28.4 Å². The van der Waals surface area contributed by atoms with E-state index in [1.165, 1.54) is 19.1 Å². The summed E-state index contributed by atoms with van der Waals surface area (Å²) in [6.07, 6.45) is -1.17. The van der Waals surface area contributed by atoms with Crippen LogP contribution in [-0.2, 0) is 30.9 Å². The van der Waals surface area contributed by atoms with Crippen molar-refractivity contribution >= 4 is 32.7 Å². The molecule has 4 aromatic rings. The number of hydrogen-bond acceptors (Lipinski definition) is 6. The second-order valence-corrected chi connectivity index (χ2v) is 10.4. The summed E-state index contributed by atoms with van der Waals surface area (Å²) in [5.41, 5.74) is 1.93. The molecule has 0 aliphatic rings. The summed E-state index contributed by atoms with van der Waals surface area (Å²) >= 11 is 0. The summed E-state index contributed by atoms with van der Waals surface area (Å²) in [6.45, 7) is 3.23. The lowest BCUT2D eigenvalue weighted by Crippen LogP contribution is -2.49. The Morgan fingerprint density at radius 2 is 1.49 bits per heavy atom. The van der Waals surface area contributed by atoms with Crippen LogP contribution < -0.4 is 4.72 Å². The maximum atomic E-state index is 13.1. The molecule has 1 N–H and O–H groups in total. The van der Waals surface area contributed by atoms with Gasteiger partial charge in [0.15, 0.2) is 6.04 Å². The average Bonchev–Trinajstić information content (AvgIpc) is 2.90. The van der Waals surface area contributed by atoms with Crippen molar-refractivity contribution in [2.75, 3.05) is 0 Å². The molecule has 0 saturated carbocycles. The third kappa shape index (κ3) is 6.41. The number of aryl methyl sites for hydroxylation is 1. The molecule has 0 radical (unpaired) electrons. The summed E-state index contributed by atoms with van der Waals surface area (Å²) in [6, 6.07) is 26.3. The van der Waals surface area contributed by atoms with E-state index in [1.54, 1.807) is 54.6 Å². The van der Waals surface area contributed by atoms with Crippen molar-refractivity contribution in [1.82, 2.24) is 4.72 Å². The third-order valence-electron chi connectivity index (χ3n) is 5.86. The van der Waals surface area contributed by atoms with Crippen LogP contribution in [0.5, 0.6) is 0 Å². The van der Waals surface area contributed by atoms with Gasteiger partial charge in [-0.3, -0.25) is 4.79 Å². The van der Waals surface area contributed by atoms with Gasteiger partial charge in [-0.2, -0.15) is 4.72 Å². The lowest BCUT2D eigenvalue weighted by atomic mass is 10.0. The van der Waals surface area contributed by atoms with Gasteiger partial charge in [-0.15, -0.1) is 0 Å². The predicted molar refractivity (Wildman–Crippen MR) is 140 cm³/mol. The molecule has 0 aromatic heterocycles. The summed E-state index contributed by atoms with van der Waals surface area (Å²) in [5.74, 6) is -1.54. The lowest BCUT2D eigenvalue weighted by molar-refractivity contribution is -0.149. The molecule has 0 aliphatic heterocycles. The lowest BCUT2D eigenvalue weighted by Gasteiger charge is -2.24. The number of hydrogen-bond donors (Lipinski definition) is 1. The summed E-state index contributed by atoms with van der Waals surface area (Å²) in [7, 11) is -4.13. The Morgan fingerprint density at radius 1 is 0.838 bits per heavy atom. The van der Waals surface area contributed by atoms with Crippen LogP contribution in [0.15, 0.2) is 102 Å². The SMILES string of the molecule is Cc1ccc(S(=O)(=O)N[C@H](C(=O)OCc2ccccc2)[C@H](C)OC(=O)c2cccc3ccccc23)cc1. The zero-order valence-electron chi connectivity index (χ0n) is 20.5. The first-order valence-corrected chi connectivity index (χ1v) is 13.2. The van der Waals surface area contributed by atoms with Crippen LogP contribution in [0.3, 0.4) is 0 Å². The minimum absolute atomic E-state index is 0.0217. The van der Waals surface area contributed by atoms with E-state index in [4.69, 9.17) is 9.47 Å². The second kappa shape index (κ2) is 11.4. The fourth-order valence-electron chi connectivity index (χ4n) is 3.81. The van der Waals surface area contributed by atoms with Gasteiger partial charge in [0.25, 0.3) is 0 Å². The molecular weight excluding hydrogens is 490 g/mol. The molecule has 0 saturated heterocycles. The summed E-state index contributed by atoms with van der Waals surface area (Å²) < 4.78 is 39.6. The topological polar surface area (TPSA) is 98.8 Å². The van der Waals surface area contributed by atoms with Crippen molar-refractivity contribution in [2.24, 2.45) is 0 Å². The highest BCUT2D eigenvalue weighted by Crippen LogP contribution is 2.21. The molecule has 0 aliphatic carbocycles. The van der Waals surface area contributed by atoms with E-state index < -0.39 is 34.1 Å². The molecule has 0 spiro atoms. The molecule has 0 heterocycles. The fraction of sp³-hybridized carbons (Fsp3) is 0.172. The van der Waals surface area contributed by atoms with Crippen LogP contribution >= 0.6 is 0 Å². The quantitative estimate of drug-likeness (QED) is 0.321. The molecule has 190 valence electrons. The Morgan fingerprint density at radius 3 is 2.22 bits per heavy atom. The van der Waals surface area contributed by atoms with E-state index in [2.05, 4.69) is 4.72 Å². The number of benzene rings is 4. The Hall–Kier alpha value is -4.01. The van der Waals surface area contributed by atoms with E-state index >= 15 is 0 Å². The first kappa shape index (κ1) is 26.1. The standard InChI is InChI=1S/C29H27NO6S/c1-20-15-17-24(18-16-20)37(33,34)30-27(29(32)35-19-22-9-4-3-5-10-22)21(2)36-28(31)26-14-8-12-23-11-6-7-13-25(23)26/h3-18,21,27,30H,19H2,1-2H3/t21-,27-/m0/s1. The molecule has 37 heavy (non-hydrogen) atoms. The van der Waals surface area contributed by atoms with Crippen LogP contribution in [0.2, 0.25) is 0 Å². The van der Waals surface area contributed by atoms with Crippen LogP contribution in [-0.4, -0.2) is 32.5 Å². The Bertz CT molecular complexity index is 1500. The number of carbonyl (C=O) groups is 2. The van der Waals surface area contributed by atoms with E-state index in [-0.39, 0.29) is 11.5 Å². The number of carbonyl (C=O) groups excluding carboxylic acids is 2. The predicted octanol–water partition coefficient (Wildman–Crippen LogP) is 4.78. The largest absolute Gasteiger partial charge is 0.460 e. The highest BCUT2D eigenvalue weighted by molar-refractivity contribution is 7.89. The van der Waals surface area contributed by atoms with Crippen LogP contribution in [0.25, 0.3) is 10.8 Å². The number of sulfonamides is 1. The zero-order chi connectivity index (χ0) is 26.4. The van der Waals surface area contributed by atoms with Crippen molar-refractivity contribution in [2.45, 2.75) is 37.5 Å².